The van der Waals surface area contributed by atoms with Crippen molar-refractivity contribution in [2.45, 2.75) is 6.92 Å². The molecule has 0 N–H and O–H groups in total. The molecule has 2 heterocycles. The van der Waals surface area contributed by atoms with Crippen LogP contribution in [-0.2, 0) is 0 Å². The van der Waals surface area contributed by atoms with E-state index in [1.807, 2.05) is 12.1 Å². The van der Waals surface area contributed by atoms with Crippen LogP contribution in [0.1, 0.15) is 17.3 Å². The van der Waals surface area contributed by atoms with Gasteiger partial charge in [0.15, 0.2) is 5.78 Å². The maximum absolute atomic E-state index is 13.9. The first-order chi connectivity index (χ1) is 12.5. The molecule has 0 fully saturated rings. The van der Waals surface area contributed by atoms with Gasteiger partial charge in [-0.1, -0.05) is 23.7 Å². The average Bonchev–Trinajstić information content (AvgIpc) is 3.13. The third-order valence-corrected chi connectivity index (χ3v) is 4.74. The van der Waals surface area contributed by atoms with Crippen molar-refractivity contribution in [3.8, 4) is 22.2 Å². The molecule has 0 bridgehead atoms. The fraction of sp³-hybridized carbons (Fsp3) is 0.0556. The third-order valence-electron chi connectivity index (χ3n) is 3.69. The second-order valence-corrected chi connectivity index (χ2v) is 6.88. The number of halogens is 2. The smallest absolute Gasteiger partial charge is 0.299 e. The minimum Gasteiger partial charge on any atom is -0.430 e. The second kappa shape index (κ2) is 6.51. The molecule has 0 spiro atoms. The predicted molar refractivity (Wildman–Crippen MR) is 97.8 cm³/mol. The van der Waals surface area contributed by atoms with Gasteiger partial charge >= 0.3 is 0 Å². The van der Waals surface area contributed by atoms with Gasteiger partial charge in [0.1, 0.15) is 11.6 Å². The number of imidazole rings is 1. The molecule has 0 saturated heterocycles. The fourth-order valence-corrected chi connectivity index (χ4v) is 3.31. The number of ether oxygens (including phenoxy) is 1. The molecular formula is C18H11ClFN3O2S. The number of hydrogen-bond acceptors (Lipinski definition) is 5. The van der Waals surface area contributed by atoms with Crippen LogP contribution in [0, 0.1) is 5.82 Å². The molecule has 0 saturated carbocycles. The van der Waals surface area contributed by atoms with Gasteiger partial charge in [0.05, 0.1) is 17.5 Å². The molecule has 0 atom stereocenters. The van der Waals surface area contributed by atoms with Gasteiger partial charge in [0.2, 0.25) is 4.96 Å². The topological polar surface area (TPSA) is 56.5 Å². The zero-order chi connectivity index (χ0) is 18.3. The van der Waals surface area contributed by atoms with E-state index < -0.39 is 5.82 Å². The molecule has 0 radical (unpaired) electrons. The summed E-state index contributed by atoms with van der Waals surface area (Å²) in [5.41, 5.74) is 1.72. The number of carbonyl (C=O) groups excluding carboxylic acids is 1. The molecular weight excluding hydrogens is 377 g/mol. The second-order valence-electron chi connectivity index (χ2n) is 5.53. The zero-order valence-electron chi connectivity index (χ0n) is 13.4. The molecule has 0 aliphatic carbocycles. The lowest BCUT2D eigenvalue weighted by Crippen LogP contribution is -1.97. The van der Waals surface area contributed by atoms with E-state index in [1.54, 1.807) is 22.8 Å². The van der Waals surface area contributed by atoms with Gasteiger partial charge in [-0.15, -0.1) is 5.10 Å². The molecule has 0 amide bonds. The van der Waals surface area contributed by atoms with Crippen LogP contribution in [0.15, 0.2) is 48.7 Å². The maximum atomic E-state index is 13.9. The summed E-state index contributed by atoms with van der Waals surface area (Å²) in [6.45, 7) is 1.31. The highest BCUT2D eigenvalue weighted by atomic mass is 35.5. The van der Waals surface area contributed by atoms with E-state index in [9.17, 15) is 9.18 Å². The Balaban J connectivity index is 1.59. The highest BCUT2D eigenvalue weighted by Gasteiger charge is 2.13. The van der Waals surface area contributed by atoms with Gasteiger partial charge in [0, 0.05) is 16.7 Å². The number of fused-ring (bicyclic) bond motifs is 1. The van der Waals surface area contributed by atoms with Crippen molar-refractivity contribution < 1.29 is 13.9 Å². The van der Waals surface area contributed by atoms with Crippen molar-refractivity contribution in [2.75, 3.05) is 0 Å². The Hall–Kier alpha value is -2.77. The summed E-state index contributed by atoms with van der Waals surface area (Å²) >= 11 is 7.13. The highest BCUT2D eigenvalue weighted by molar-refractivity contribution is 7.18. The Kier molecular flexibility index (Phi) is 4.18. The van der Waals surface area contributed by atoms with E-state index in [0.717, 1.165) is 11.3 Å². The standard InChI is InChI=1S/C18H11ClFN3O2S/c1-10(24)14-7-6-13(8-15(14)20)25-18-22-23-9-16(21-17(23)26-18)11-2-4-12(19)5-3-11/h2-9H,1H3. The van der Waals surface area contributed by atoms with Gasteiger partial charge in [-0.2, -0.15) is 0 Å². The number of nitrogens with zero attached hydrogens (tertiary/aromatic N) is 3. The van der Waals surface area contributed by atoms with Crippen LogP contribution in [0.3, 0.4) is 0 Å². The molecule has 2 aromatic carbocycles. The number of ketones is 1. The van der Waals surface area contributed by atoms with Crippen LogP contribution in [0.25, 0.3) is 16.2 Å². The van der Waals surface area contributed by atoms with Crippen molar-refractivity contribution in [2.24, 2.45) is 0 Å². The van der Waals surface area contributed by atoms with Crippen LogP contribution in [0.4, 0.5) is 4.39 Å². The zero-order valence-corrected chi connectivity index (χ0v) is 15.0. The van der Waals surface area contributed by atoms with Crippen LogP contribution >= 0.6 is 22.9 Å². The molecule has 5 nitrogen and oxygen atoms in total. The van der Waals surface area contributed by atoms with Gasteiger partial charge in [-0.25, -0.2) is 13.9 Å². The Morgan fingerprint density at radius 3 is 2.65 bits per heavy atom. The molecule has 0 aliphatic rings. The maximum Gasteiger partial charge on any atom is 0.299 e. The Morgan fingerprint density at radius 2 is 2.00 bits per heavy atom. The summed E-state index contributed by atoms with van der Waals surface area (Å²) in [5, 5.41) is 5.28. The van der Waals surface area contributed by atoms with Crippen LogP contribution in [-0.4, -0.2) is 20.4 Å². The largest absolute Gasteiger partial charge is 0.430 e. The number of benzene rings is 2. The van der Waals surface area contributed by atoms with E-state index >= 15 is 0 Å². The van der Waals surface area contributed by atoms with E-state index in [2.05, 4.69) is 10.1 Å². The number of hydrogen-bond donors (Lipinski definition) is 0. The van der Waals surface area contributed by atoms with Crippen molar-refractivity contribution in [3.05, 3.63) is 65.1 Å². The summed E-state index contributed by atoms with van der Waals surface area (Å²) in [5.74, 6) is -0.694. The van der Waals surface area contributed by atoms with E-state index in [0.29, 0.717) is 15.2 Å². The summed E-state index contributed by atoms with van der Waals surface area (Å²) in [6, 6.07) is 11.4. The molecule has 2 aromatic heterocycles. The first-order valence-electron chi connectivity index (χ1n) is 7.60. The third kappa shape index (κ3) is 3.18. The number of Topliss-reactive ketones (excluding diaryl/α,β-unsaturated/α-hetero) is 1. The van der Waals surface area contributed by atoms with Crippen molar-refractivity contribution >= 4 is 33.7 Å². The molecule has 4 aromatic rings. The minimum atomic E-state index is -0.624. The quantitative estimate of drug-likeness (QED) is 0.449. The normalized spacial score (nSPS) is 11.0. The lowest BCUT2D eigenvalue weighted by Gasteiger charge is -2.03. The van der Waals surface area contributed by atoms with Crippen molar-refractivity contribution in [1.29, 1.82) is 0 Å². The highest BCUT2D eigenvalue weighted by Crippen LogP contribution is 2.30. The minimum absolute atomic E-state index is 0.0268. The summed E-state index contributed by atoms with van der Waals surface area (Å²) in [4.78, 5) is 16.4. The van der Waals surface area contributed by atoms with E-state index in [1.165, 1.54) is 36.5 Å². The average molecular weight is 388 g/mol. The first-order valence-corrected chi connectivity index (χ1v) is 8.79. The van der Waals surface area contributed by atoms with E-state index in [4.69, 9.17) is 16.3 Å². The fourth-order valence-electron chi connectivity index (χ4n) is 2.43. The van der Waals surface area contributed by atoms with Gasteiger partial charge in [-0.05, 0) is 42.5 Å². The SMILES string of the molecule is CC(=O)c1ccc(Oc2nn3cc(-c4ccc(Cl)cc4)nc3s2)cc1F. The van der Waals surface area contributed by atoms with Crippen LogP contribution < -0.4 is 4.74 Å². The molecule has 0 unspecified atom stereocenters. The summed E-state index contributed by atoms with van der Waals surface area (Å²) in [7, 11) is 0. The molecule has 26 heavy (non-hydrogen) atoms. The molecule has 0 aliphatic heterocycles. The Labute approximate surface area is 156 Å². The monoisotopic (exact) mass is 387 g/mol. The van der Waals surface area contributed by atoms with Crippen molar-refractivity contribution in [3.63, 3.8) is 0 Å². The molecule has 4 rings (SSSR count). The van der Waals surface area contributed by atoms with Crippen molar-refractivity contribution in [1.82, 2.24) is 14.6 Å². The molecule has 8 heteroatoms. The summed E-state index contributed by atoms with van der Waals surface area (Å²) in [6.07, 6.45) is 1.78. The first kappa shape index (κ1) is 16.7. The summed E-state index contributed by atoms with van der Waals surface area (Å²) < 4.78 is 21.1. The number of rotatable bonds is 4. The van der Waals surface area contributed by atoms with Gasteiger partial charge in [0.25, 0.3) is 5.19 Å². The Morgan fingerprint density at radius 1 is 1.23 bits per heavy atom. The Bertz CT molecular complexity index is 1090. The van der Waals surface area contributed by atoms with Crippen LogP contribution in [0.2, 0.25) is 5.02 Å². The van der Waals surface area contributed by atoms with Gasteiger partial charge in [-0.3, -0.25) is 4.79 Å². The number of carbonyl (C=O) groups is 1. The van der Waals surface area contributed by atoms with Crippen LogP contribution in [0.5, 0.6) is 10.9 Å². The number of aromatic nitrogens is 3. The predicted octanol–water partition coefficient (Wildman–Crippen LogP) is 5.25. The lowest BCUT2D eigenvalue weighted by atomic mass is 10.1. The lowest BCUT2D eigenvalue weighted by molar-refractivity contribution is 0.101. The van der Waals surface area contributed by atoms with Gasteiger partial charge < -0.3 is 4.74 Å². The van der Waals surface area contributed by atoms with E-state index in [-0.39, 0.29) is 17.1 Å². The molecule has 130 valence electrons.